The summed E-state index contributed by atoms with van der Waals surface area (Å²) in [6.07, 6.45) is 3.65. The van der Waals surface area contributed by atoms with Crippen molar-refractivity contribution in [1.82, 2.24) is 15.3 Å². The average molecular weight is 479 g/mol. The summed E-state index contributed by atoms with van der Waals surface area (Å²) in [6.45, 7) is 5.57. The Hall–Kier alpha value is -3.17. The molecule has 2 aliphatic rings. The second kappa shape index (κ2) is 10.8. The number of ether oxygens (including phenoxy) is 1. The highest BCUT2D eigenvalue weighted by Gasteiger charge is 2.19. The molecule has 2 aromatic heterocycles. The van der Waals surface area contributed by atoms with E-state index in [0.29, 0.717) is 30.8 Å². The van der Waals surface area contributed by atoms with Gasteiger partial charge in [-0.1, -0.05) is 30.3 Å². The average Bonchev–Trinajstić information content (AvgIpc) is 3.38. The molecule has 2 saturated heterocycles. The van der Waals surface area contributed by atoms with Crippen molar-refractivity contribution in [3.63, 3.8) is 0 Å². The van der Waals surface area contributed by atoms with Gasteiger partial charge in [0.2, 0.25) is 5.95 Å². The third kappa shape index (κ3) is 5.66. The van der Waals surface area contributed by atoms with Crippen molar-refractivity contribution in [1.29, 1.82) is 0 Å². The van der Waals surface area contributed by atoms with Gasteiger partial charge < -0.3 is 29.6 Å². The Bertz CT molecular complexity index is 1060. The maximum Gasteiger partial charge on any atom is 0.232 e. The number of hydrogen-bond acceptors (Lipinski definition) is 7. The summed E-state index contributed by atoms with van der Waals surface area (Å²) in [7, 11) is 0. The molecule has 0 atom stereocenters. The summed E-state index contributed by atoms with van der Waals surface area (Å²) in [5.41, 5.74) is 1.05. The minimum atomic E-state index is 0.460. The van der Waals surface area contributed by atoms with Gasteiger partial charge in [-0.3, -0.25) is 0 Å². The first-order valence-corrected chi connectivity index (χ1v) is 12.3. The summed E-state index contributed by atoms with van der Waals surface area (Å²) in [4.78, 5) is 14.1. The lowest BCUT2D eigenvalue weighted by molar-refractivity contribution is 0.122. The molecule has 0 radical (unpaired) electrons. The van der Waals surface area contributed by atoms with E-state index >= 15 is 0 Å². The van der Waals surface area contributed by atoms with Crippen LogP contribution < -0.4 is 20.4 Å². The maximum absolute atomic E-state index is 5.96. The van der Waals surface area contributed by atoms with Crippen LogP contribution in [0.5, 0.6) is 0 Å². The van der Waals surface area contributed by atoms with Crippen molar-refractivity contribution in [2.45, 2.75) is 25.8 Å². The predicted octanol–water partition coefficient (Wildman–Crippen LogP) is 4.05. The molecule has 0 bridgehead atoms. The Morgan fingerprint density at radius 2 is 1.59 bits per heavy atom. The first-order chi connectivity index (χ1) is 16.7. The maximum atomic E-state index is 5.96. The third-order valence-corrected chi connectivity index (χ3v) is 6.33. The third-order valence-electron chi connectivity index (χ3n) is 6.08. The number of aromatic nitrogens is 2. The van der Waals surface area contributed by atoms with Gasteiger partial charge in [-0.2, -0.15) is 9.97 Å². The summed E-state index contributed by atoms with van der Waals surface area (Å²) in [6, 6.07) is 16.1. The van der Waals surface area contributed by atoms with E-state index in [0.717, 1.165) is 54.9 Å². The largest absolute Gasteiger partial charge is 0.459 e. The topological polar surface area (TPSA) is 78.7 Å². The summed E-state index contributed by atoms with van der Waals surface area (Å²) in [5, 5.41) is 6.85. The quantitative estimate of drug-likeness (QED) is 0.510. The number of thiocarbonyl (C=S) groups is 1. The normalized spacial score (nSPS) is 16.4. The molecule has 34 heavy (non-hydrogen) atoms. The number of morpholine rings is 1. The number of hydrogen-bond donors (Lipinski definition) is 2. The number of benzene rings is 1. The zero-order valence-corrected chi connectivity index (χ0v) is 20.0. The molecule has 8 nitrogen and oxygen atoms in total. The van der Waals surface area contributed by atoms with Crippen LogP contribution in [0.4, 0.5) is 17.6 Å². The first kappa shape index (κ1) is 22.6. The molecule has 0 aliphatic carbocycles. The number of piperidine rings is 1. The van der Waals surface area contributed by atoms with Gasteiger partial charge in [0.15, 0.2) is 5.11 Å². The molecule has 2 N–H and O–H groups in total. The molecule has 178 valence electrons. The lowest BCUT2D eigenvalue weighted by atomic mass is 10.1. The van der Waals surface area contributed by atoms with E-state index in [9.17, 15) is 0 Å². The van der Waals surface area contributed by atoms with Crippen LogP contribution in [0.2, 0.25) is 0 Å². The molecular formula is C25H30N6O2S. The van der Waals surface area contributed by atoms with E-state index in [1.165, 1.54) is 19.3 Å². The summed E-state index contributed by atoms with van der Waals surface area (Å²) < 4.78 is 11.5. The fourth-order valence-electron chi connectivity index (χ4n) is 4.26. The van der Waals surface area contributed by atoms with Gasteiger partial charge in [0.25, 0.3) is 0 Å². The van der Waals surface area contributed by atoms with E-state index in [2.05, 4.69) is 26.5 Å². The molecule has 4 heterocycles. The highest BCUT2D eigenvalue weighted by atomic mass is 32.1. The fraction of sp³-hybridized carbons (Fsp3) is 0.400. The zero-order valence-electron chi connectivity index (χ0n) is 19.2. The standard InChI is InChI=1S/C25H30N6O2S/c34-25(26-18-20-9-10-21(33-20)19-7-3-1-4-8-19)29-24-27-22(30-11-5-2-6-12-30)17-23(28-24)31-13-15-32-16-14-31/h1,3-4,7-10,17H,2,5-6,11-16,18H2,(H2,26,27,28,29,34). The highest BCUT2D eigenvalue weighted by Crippen LogP contribution is 2.25. The summed E-state index contributed by atoms with van der Waals surface area (Å²) >= 11 is 5.54. The number of nitrogens with zero attached hydrogens (tertiary/aromatic N) is 4. The number of anilines is 3. The zero-order chi connectivity index (χ0) is 23.2. The van der Waals surface area contributed by atoms with Crippen molar-refractivity contribution < 1.29 is 9.15 Å². The smallest absolute Gasteiger partial charge is 0.232 e. The second-order valence-corrected chi connectivity index (χ2v) is 8.90. The van der Waals surface area contributed by atoms with E-state index in [1.54, 1.807) is 0 Å². The minimum absolute atomic E-state index is 0.460. The van der Waals surface area contributed by atoms with Crippen LogP contribution in [0.3, 0.4) is 0 Å². The van der Waals surface area contributed by atoms with Crippen LogP contribution in [0.15, 0.2) is 52.9 Å². The number of rotatable bonds is 6. The van der Waals surface area contributed by atoms with Gasteiger partial charge in [-0.25, -0.2) is 0 Å². The second-order valence-electron chi connectivity index (χ2n) is 8.49. The molecule has 0 saturated carbocycles. The molecule has 0 spiro atoms. The molecule has 1 aromatic carbocycles. The molecule has 2 aliphatic heterocycles. The van der Waals surface area contributed by atoms with Crippen LogP contribution in [0.1, 0.15) is 25.0 Å². The van der Waals surface area contributed by atoms with Crippen molar-refractivity contribution in [2.24, 2.45) is 0 Å². The van der Waals surface area contributed by atoms with Crippen molar-refractivity contribution >= 4 is 34.9 Å². The van der Waals surface area contributed by atoms with Gasteiger partial charge in [0, 0.05) is 37.8 Å². The van der Waals surface area contributed by atoms with E-state index < -0.39 is 0 Å². The Labute approximate surface area is 205 Å². The molecule has 5 rings (SSSR count). The van der Waals surface area contributed by atoms with Gasteiger partial charge in [-0.15, -0.1) is 0 Å². The van der Waals surface area contributed by atoms with Crippen molar-refractivity contribution in [2.75, 3.05) is 54.5 Å². The monoisotopic (exact) mass is 478 g/mol. The van der Waals surface area contributed by atoms with Crippen LogP contribution in [-0.4, -0.2) is 54.5 Å². The van der Waals surface area contributed by atoms with E-state index in [4.69, 9.17) is 31.3 Å². The minimum Gasteiger partial charge on any atom is -0.459 e. The van der Waals surface area contributed by atoms with Gasteiger partial charge in [0.1, 0.15) is 23.2 Å². The molecule has 9 heteroatoms. The number of nitrogens with one attached hydrogen (secondary N) is 2. The molecule has 0 unspecified atom stereocenters. The molecule has 3 aromatic rings. The number of furan rings is 1. The van der Waals surface area contributed by atoms with Crippen LogP contribution in [0, 0.1) is 0 Å². The Morgan fingerprint density at radius 1 is 0.882 bits per heavy atom. The Morgan fingerprint density at radius 3 is 2.32 bits per heavy atom. The van der Waals surface area contributed by atoms with Crippen molar-refractivity contribution in [3.05, 3.63) is 54.3 Å². The van der Waals surface area contributed by atoms with Crippen LogP contribution in [0.25, 0.3) is 11.3 Å². The van der Waals surface area contributed by atoms with E-state index in [-0.39, 0.29) is 0 Å². The fourth-order valence-corrected chi connectivity index (χ4v) is 4.42. The Balaban J connectivity index is 1.26. The predicted molar refractivity (Wildman–Crippen MR) is 138 cm³/mol. The lowest BCUT2D eigenvalue weighted by Crippen LogP contribution is -2.38. The molecule has 2 fully saturated rings. The van der Waals surface area contributed by atoms with Crippen molar-refractivity contribution in [3.8, 4) is 11.3 Å². The van der Waals surface area contributed by atoms with Crippen LogP contribution >= 0.6 is 12.2 Å². The first-order valence-electron chi connectivity index (χ1n) is 11.9. The van der Waals surface area contributed by atoms with Gasteiger partial charge in [0.05, 0.1) is 19.8 Å². The van der Waals surface area contributed by atoms with Gasteiger partial charge in [-0.05, 0) is 43.6 Å². The SMILES string of the molecule is S=C(NCc1ccc(-c2ccccc2)o1)Nc1nc(N2CCCCC2)cc(N2CCOCC2)n1. The Kier molecular flexibility index (Phi) is 7.21. The van der Waals surface area contributed by atoms with Gasteiger partial charge >= 0.3 is 0 Å². The summed E-state index contributed by atoms with van der Waals surface area (Å²) in [5.74, 6) is 4.00. The van der Waals surface area contributed by atoms with Crippen LogP contribution in [-0.2, 0) is 11.3 Å². The lowest BCUT2D eigenvalue weighted by Gasteiger charge is -2.31. The molecular weight excluding hydrogens is 448 g/mol. The molecule has 0 amide bonds. The van der Waals surface area contributed by atoms with E-state index in [1.807, 2.05) is 42.5 Å². The highest BCUT2D eigenvalue weighted by molar-refractivity contribution is 7.80.